The van der Waals surface area contributed by atoms with Gasteiger partial charge in [-0.2, -0.15) is 0 Å². The number of aliphatic carboxylic acids is 1. The molecular formula is C24H27F2N7O6S2. The molecule has 4 heterocycles. The Kier molecular flexibility index (Phi) is 6.74. The molecule has 1 aliphatic heterocycles. The first-order chi connectivity index (χ1) is 19.4. The lowest BCUT2D eigenvalue weighted by Crippen LogP contribution is -2.53. The third-order valence-electron chi connectivity index (χ3n) is 7.58. The van der Waals surface area contributed by atoms with E-state index in [1.165, 1.54) is 16.8 Å². The van der Waals surface area contributed by atoms with Crippen molar-refractivity contribution in [2.45, 2.75) is 55.1 Å². The summed E-state index contributed by atoms with van der Waals surface area (Å²) < 4.78 is 62.9. The normalized spacial score (nSPS) is 19.6. The van der Waals surface area contributed by atoms with Crippen molar-refractivity contribution in [3.8, 4) is 10.8 Å². The fourth-order valence-electron chi connectivity index (χ4n) is 4.87. The lowest BCUT2D eigenvalue weighted by Gasteiger charge is -2.38. The predicted octanol–water partition coefficient (Wildman–Crippen LogP) is 1.90. The maximum atomic E-state index is 13.4. The number of aromatic nitrogens is 4. The molecule has 17 heteroatoms. The SMILES string of the molecule is CC1(NS(=O)(=O)c2cc(N3CCN(C(=O)C4(OCC(=O)O)CC4)CC3)c3cnc(-c4nnc(C(F)F)s4)n3c2)CC1. The van der Waals surface area contributed by atoms with Gasteiger partial charge in [0.05, 0.1) is 17.4 Å². The molecule has 220 valence electrons. The predicted molar refractivity (Wildman–Crippen MR) is 141 cm³/mol. The maximum Gasteiger partial charge on any atom is 0.329 e. The standard InChI is InChI=1S/C24H27F2N7O6S2/c1-23(2-3-23)30-41(37,38)14-10-15(16-11-27-19(33(16)12-14)21-29-28-20(40-21)18(25)26)31-6-8-32(9-7-31)22(36)24(4-5-24)39-13-17(34)35/h10-12,18,30H,2-9,13H2,1H3,(H,34,35). The zero-order valence-corrected chi connectivity index (χ0v) is 23.6. The van der Waals surface area contributed by atoms with Crippen LogP contribution in [0.1, 0.15) is 44.0 Å². The Bertz CT molecular complexity index is 1630. The van der Waals surface area contributed by atoms with Crippen molar-refractivity contribution in [2.24, 2.45) is 0 Å². The topological polar surface area (TPSA) is 159 Å². The number of alkyl halides is 2. The van der Waals surface area contributed by atoms with Crippen LogP contribution in [0.5, 0.6) is 0 Å². The van der Waals surface area contributed by atoms with Crippen LogP contribution >= 0.6 is 11.3 Å². The smallest absolute Gasteiger partial charge is 0.329 e. The van der Waals surface area contributed by atoms with Gasteiger partial charge in [0.1, 0.15) is 17.1 Å². The van der Waals surface area contributed by atoms with Crippen molar-refractivity contribution in [1.29, 1.82) is 0 Å². The van der Waals surface area contributed by atoms with E-state index < -0.39 is 45.2 Å². The van der Waals surface area contributed by atoms with Crippen LogP contribution < -0.4 is 9.62 Å². The summed E-state index contributed by atoms with van der Waals surface area (Å²) in [4.78, 5) is 32.0. The molecule has 1 saturated heterocycles. The molecule has 13 nitrogen and oxygen atoms in total. The van der Waals surface area contributed by atoms with E-state index in [-0.39, 0.29) is 21.6 Å². The van der Waals surface area contributed by atoms with Crippen LogP contribution in [0, 0.1) is 0 Å². The Balaban J connectivity index is 1.31. The number of carboxylic acid groups (broad SMARTS) is 1. The third-order valence-corrected chi connectivity index (χ3v) is 10.1. The number of imidazole rings is 1. The monoisotopic (exact) mass is 611 g/mol. The molecule has 0 bridgehead atoms. The van der Waals surface area contributed by atoms with Crippen LogP contribution in [0.15, 0.2) is 23.4 Å². The van der Waals surface area contributed by atoms with Gasteiger partial charge in [-0.05, 0) is 38.7 Å². The van der Waals surface area contributed by atoms with Gasteiger partial charge in [0.25, 0.3) is 12.3 Å². The van der Waals surface area contributed by atoms with Crippen molar-refractivity contribution in [2.75, 3.05) is 37.7 Å². The molecule has 2 N–H and O–H groups in total. The van der Waals surface area contributed by atoms with E-state index in [1.54, 1.807) is 11.0 Å². The maximum absolute atomic E-state index is 13.4. The van der Waals surface area contributed by atoms with Gasteiger partial charge in [-0.1, -0.05) is 11.3 Å². The van der Waals surface area contributed by atoms with Crippen molar-refractivity contribution >= 4 is 44.4 Å². The van der Waals surface area contributed by atoms with Gasteiger partial charge < -0.3 is 19.6 Å². The van der Waals surface area contributed by atoms with Crippen LogP contribution in [-0.4, -0.2) is 93.8 Å². The minimum Gasteiger partial charge on any atom is -0.480 e. The quantitative estimate of drug-likeness (QED) is 0.347. The summed E-state index contributed by atoms with van der Waals surface area (Å²) in [5.41, 5.74) is -0.536. The number of nitrogens with zero attached hydrogens (tertiary/aromatic N) is 6. The van der Waals surface area contributed by atoms with Gasteiger partial charge in [0, 0.05) is 37.9 Å². The summed E-state index contributed by atoms with van der Waals surface area (Å²) in [6.07, 6.45) is 2.47. The van der Waals surface area contributed by atoms with Crippen LogP contribution in [0.3, 0.4) is 0 Å². The number of ether oxygens (including phenoxy) is 1. The molecule has 3 aliphatic rings. The largest absolute Gasteiger partial charge is 0.480 e. The van der Waals surface area contributed by atoms with Gasteiger partial charge in [-0.3, -0.25) is 9.20 Å². The molecule has 2 aliphatic carbocycles. The van der Waals surface area contributed by atoms with E-state index in [9.17, 15) is 26.8 Å². The number of nitrogens with one attached hydrogen (secondary N) is 1. The van der Waals surface area contributed by atoms with Gasteiger partial charge in [-0.15, -0.1) is 10.2 Å². The molecular weight excluding hydrogens is 584 g/mol. The molecule has 1 amide bonds. The average molecular weight is 612 g/mol. The number of sulfonamides is 1. The fraction of sp³-hybridized carbons (Fsp3) is 0.542. The van der Waals surface area contributed by atoms with Gasteiger partial charge >= 0.3 is 5.97 Å². The second-order valence-corrected chi connectivity index (χ2v) is 13.5. The van der Waals surface area contributed by atoms with Gasteiger partial charge in [-0.25, -0.2) is 31.7 Å². The molecule has 0 atom stereocenters. The first kappa shape index (κ1) is 27.9. The highest BCUT2D eigenvalue weighted by atomic mass is 32.2. The number of amides is 1. The zero-order valence-electron chi connectivity index (χ0n) is 21.9. The highest BCUT2D eigenvalue weighted by Gasteiger charge is 2.54. The Hall–Kier alpha value is -3.28. The van der Waals surface area contributed by atoms with E-state index in [1.807, 2.05) is 11.8 Å². The Morgan fingerprint density at radius 3 is 2.46 bits per heavy atom. The average Bonchev–Trinajstić information content (AvgIpc) is 3.75. The minimum atomic E-state index is -3.95. The Morgan fingerprint density at radius 2 is 1.88 bits per heavy atom. The van der Waals surface area contributed by atoms with E-state index in [0.29, 0.717) is 74.4 Å². The second kappa shape index (κ2) is 9.92. The summed E-state index contributed by atoms with van der Waals surface area (Å²) in [6.45, 7) is 2.62. The number of anilines is 1. The molecule has 41 heavy (non-hydrogen) atoms. The lowest BCUT2D eigenvalue weighted by molar-refractivity contribution is -0.155. The van der Waals surface area contributed by atoms with Gasteiger partial charge in [0.15, 0.2) is 15.8 Å². The van der Waals surface area contributed by atoms with E-state index >= 15 is 0 Å². The highest BCUT2D eigenvalue weighted by Crippen LogP contribution is 2.42. The summed E-state index contributed by atoms with van der Waals surface area (Å²) >= 11 is 0.679. The summed E-state index contributed by atoms with van der Waals surface area (Å²) in [7, 11) is -3.95. The number of pyridine rings is 1. The lowest BCUT2D eigenvalue weighted by atomic mass is 10.2. The number of hydrogen-bond acceptors (Lipinski definition) is 10. The molecule has 3 aromatic rings. The zero-order chi connectivity index (χ0) is 29.2. The molecule has 6 rings (SSSR count). The van der Waals surface area contributed by atoms with E-state index in [0.717, 1.165) is 0 Å². The molecule has 0 radical (unpaired) electrons. The Morgan fingerprint density at radius 1 is 1.17 bits per heavy atom. The summed E-state index contributed by atoms with van der Waals surface area (Å²) in [6, 6.07) is 1.55. The number of halogens is 2. The summed E-state index contributed by atoms with van der Waals surface area (Å²) in [5.74, 6) is -1.21. The van der Waals surface area contributed by atoms with Crippen molar-refractivity contribution in [3.05, 3.63) is 23.5 Å². The highest BCUT2D eigenvalue weighted by molar-refractivity contribution is 7.89. The van der Waals surface area contributed by atoms with Crippen molar-refractivity contribution in [1.82, 2.24) is 29.2 Å². The third kappa shape index (κ3) is 5.38. The molecule has 2 saturated carbocycles. The number of hydrogen-bond donors (Lipinski definition) is 2. The summed E-state index contributed by atoms with van der Waals surface area (Å²) in [5, 5.41) is 16.0. The molecule has 3 fully saturated rings. The van der Waals surface area contributed by atoms with Crippen LogP contribution in [0.2, 0.25) is 0 Å². The number of rotatable bonds is 10. The number of piperazine rings is 1. The van der Waals surface area contributed by atoms with Crippen molar-refractivity contribution in [3.63, 3.8) is 0 Å². The number of carbonyl (C=O) groups excluding carboxylic acids is 1. The number of fused-ring (bicyclic) bond motifs is 1. The number of carboxylic acids is 1. The van der Waals surface area contributed by atoms with E-state index in [4.69, 9.17) is 9.84 Å². The number of carbonyl (C=O) groups is 2. The first-order valence-corrected chi connectivity index (χ1v) is 15.3. The fourth-order valence-corrected chi connectivity index (χ4v) is 7.05. The van der Waals surface area contributed by atoms with Crippen LogP contribution in [0.25, 0.3) is 16.3 Å². The molecule has 3 aromatic heterocycles. The van der Waals surface area contributed by atoms with Gasteiger partial charge in [0.2, 0.25) is 10.0 Å². The van der Waals surface area contributed by atoms with E-state index in [2.05, 4.69) is 19.9 Å². The first-order valence-electron chi connectivity index (χ1n) is 13.0. The second-order valence-electron chi connectivity index (χ2n) is 10.8. The molecule has 0 unspecified atom stereocenters. The van der Waals surface area contributed by atoms with Crippen molar-refractivity contribution < 1.29 is 36.6 Å². The van der Waals surface area contributed by atoms with Crippen LogP contribution in [-0.2, 0) is 24.3 Å². The van der Waals surface area contributed by atoms with Crippen LogP contribution in [0.4, 0.5) is 14.5 Å². The molecule has 0 spiro atoms. The minimum absolute atomic E-state index is 0.0246. The Labute approximate surface area is 237 Å². The molecule has 0 aromatic carbocycles.